The Labute approximate surface area is 176 Å². The van der Waals surface area contributed by atoms with Gasteiger partial charge in [-0.15, -0.1) is 0 Å². The van der Waals surface area contributed by atoms with Crippen LogP contribution in [0.4, 0.5) is 0 Å². The predicted molar refractivity (Wildman–Crippen MR) is 113 cm³/mol. The Hall–Kier alpha value is -2.84. The molecule has 0 radical (unpaired) electrons. The van der Waals surface area contributed by atoms with Crippen LogP contribution in [0.2, 0.25) is 0 Å². The Balaban J connectivity index is 1.40. The molecule has 7 nitrogen and oxygen atoms in total. The maximum atomic E-state index is 13.1. The highest BCUT2D eigenvalue weighted by molar-refractivity contribution is 7.89. The van der Waals surface area contributed by atoms with Crippen LogP contribution in [-0.4, -0.2) is 62.9 Å². The van der Waals surface area contributed by atoms with E-state index in [1.807, 2.05) is 30.3 Å². The van der Waals surface area contributed by atoms with Crippen LogP contribution in [0.5, 0.6) is 11.5 Å². The van der Waals surface area contributed by atoms with Gasteiger partial charge in [0.25, 0.3) is 0 Å². The van der Waals surface area contributed by atoms with Crippen molar-refractivity contribution >= 4 is 22.0 Å². The zero-order valence-electron chi connectivity index (χ0n) is 16.6. The number of benzene rings is 2. The summed E-state index contributed by atoms with van der Waals surface area (Å²) in [6.07, 6.45) is 4.05. The van der Waals surface area contributed by atoms with Gasteiger partial charge >= 0.3 is 0 Å². The first-order valence-corrected chi connectivity index (χ1v) is 11.4. The van der Waals surface area contributed by atoms with E-state index in [0.29, 0.717) is 37.8 Å². The fraction of sp³-hybridized carbons (Fsp3) is 0.318. The van der Waals surface area contributed by atoms with E-state index < -0.39 is 10.0 Å². The van der Waals surface area contributed by atoms with Crippen molar-refractivity contribution in [1.29, 1.82) is 0 Å². The molecule has 4 rings (SSSR count). The van der Waals surface area contributed by atoms with Gasteiger partial charge in [0.05, 0.1) is 18.1 Å². The van der Waals surface area contributed by atoms with E-state index in [2.05, 4.69) is 0 Å². The number of piperazine rings is 1. The second-order valence-corrected chi connectivity index (χ2v) is 9.07. The fourth-order valence-electron chi connectivity index (χ4n) is 3.44. The molecular weight excluding hydrogens is 404 g/mol. The second-order valence-electron chi connectivity index (χ2n) is 7.13. The average Bonchev–Trinajstić information content (AvgIpc) is 3.03. The Morgan fingerprint density at radius 1 is 0.900 bits per heavy atom. The topological polar surface area (TPSA) is 76.2 Å². The van der Waals surface area contributed by atoms with Gasteiger partial charge < -0.3 is 14.4 Å². The maximum Gasteiger partial charge on any atom is 0.246 e. The number of carbonyl (C=O) groups excluding carboxylic acids is 1. The number of rotatable bonds is 4. The zero-order chi connectivity index (χ0) is 21.0. The summed E-state index contributed by atoms with van der Waals surface area (Å²) < 4.78 is 38.7. The minimum absolute atomic E-state index is 0.119. The van der Waals surface area contributed by atoms with E-state index >= 15 is 0 Å². The molecule has 0 saturated carbocycles. The molecule has 0 atom stereocenters. The van der Waals surface area contributed by atoms with Gasteiger partial charge in [-0.2, -0.15) is 4.31 Å². The highest BCUT2D eigenvalue weighted by Crippen LogP contribution is 2.33. The van der Waals surface area contributed by atoms with Gasteiger partial charge in [-0.25, -0.2) is 8.42 Å². The Morgan fingerprint density at radius 3 is 2.33 bits per heavy atom. The molecule has 0 aliphatic carbocycles. The van der Waals surface area contributed by atoms with Gasteiger partial charge in [0.2, 0.25) is 15.9 Å². The number of sulfonamides is 1. The average molecular weight is 429 g/mol. The molecule has 0 bridgehead atoms. The molecule has 2 aromatic carbocycles. The summed E-state index contributed by atoms with van der Waals surface area (Å²) in [6.45, 7) is 2.24. The molecule has 1 fully saturated rings. The molecule has 2 aliphatic rings. The van der Waals surface area contributed by atoms with E-state index in [9.17, 15) is 13.2 Å². The van der Waals surface area contributed by atoms with Gasteiger partial charge in [-0.05, 0) is 23.8 Å². The summed E-state index contributed by atoms with van der Waals surface area (Å²) in [5.74, 6) is 0.895. The Bertz CT molecular complexity index is 1030. The van der Waals surface area contributed by atoms with Crippen LogP contribution in [0.1, 0.15) is 12.0 Å². The van der Waals surface area contributed by atoms with Crippen LogP contribution in [0.15, 0.2) is 59.5 Å². The van der Waals surface area contributed by atoms with Crippen LogP contribution < -0.4 is 9.47 Å². The van der Waals surface area contributed by atoms with Crippen molar-refractivity contribution in [3.8, 4) is 11.5 Å². The standard InChI is InChI=1S/C22H24N2O5S/c25-22(10-7-18-5-2-1-3-6-18)23-11-13-24(14-12-23)30(26,27)19-8-9-20-21(17-19)29-16-4-15-28-20/h1-3,5-10,17H,4,11-16H2/b10-7+. The van der Waals surface area contributed by atoms with Gasteiger partial charge in [0, 0.05) is 44.7 Å². The monoisotopic (exact) mass is 428 g/mol. The summed E-state index contributed by atoms with van der Waals surface area (Å²) in [6, 6.07) is 14.3. The van der Waals surface area contributed by atoms with Crippen LogP contribution in [0.25, 0.3) is 6.08 Å². The lowest BCUT2D eigenvalue weighted by Crippen LogP contribution is -2.50. The van der Waals surface area contributed by atoms with Crippen LogP contribution in [0.3, 0.4) is 0 Å². The normalized spacial score (nSPS) is 17.7. The van der Waals surface area contributed by atoms with E-state index in [-0.39, 0.29) is 23.9 Å². The first-order valence-electron chi connectivity index (χ1n) is 9.96. The van der Waals surface area contributed by atoms with Crippen molar-refractivity contribution in [2.24, 2.45) is 0 Å². The molecule has 0 spiro atoms. The molecule has 0 unspecified atom stereocenters. The Morgan fingerprint density at radius 2 is 1.60 bits per heavy atom. The molecule has 30 heavy (non-hydrogen) atoms. The molecule has 2 heterocycles. The van der Waals surface area contributed by atoms with E-state index in [4.69, 9.17) is 9.47 Å². The van der Waals surface area contributed by atoms with Gasteiger partial charge in [-0.1, -0.05) is 30.3 Å². The van der Waals surface area contributed by atoms with Gasteiger partial charge in [-0.3, -0.25) is 4.79 Å². The van der Waals surface area contributed by atoms with E-state index in [1.165, 1.54) is 16.4 Å². The van der Waals surface area contributed by atoms with Crippen molar-refractivity contribution < 1.29 is 22.7 Å². The molecule has 1 amide bonds. The largest absolute Gasteiger partial charge is 0.490 e. The van der Waals surface area contributed by atoms with Crippen molar-refractivity contribution in [3.63, 3.8) is 0 Å². The third-order valence-electron chi connectivity index (χ3n) is 5.13. The molecule has 0 aromatic heterocycles. The van der Waals surface area contributed by atoms with Crippen molar-refractivity contribution in [2.75, 3.05) is 39.4 Å². The van der Waals surface area contributed by atoms with Crippen molar-refractivity contribution in [1.82, 2.24) is 9.21 Å². The number of carbonyl (C=O) groups is 1. The van der Waals surface area contributed by atoms with Gasteiger partial charge in [0.1, 0.15) is 0 Å². The number of fused-ring (bicyclic) bond motifs is 1. The smallest absolute Gasteiger partial charge is 0.246 e. The number of hydrogen-bond donors (Lipinski definition) is 0. The summed E-state index contributed by atoms with van der Waals surface area (Å²) in [5.41, 5.74) is 0.946. The number of nitrogens with zero attached hydrogens (tertiary/aromatic N) is 2. The quantitative estimate of drug-likeness (QED) is 0.699. The molecule has 2 aromatic rings. The van der Waals surface area contributed by atoms with E-state index in [0.717, 1.165) is 12.0 Å². The number of ether oxygens (including phenoxy) is 2. The minimum Gasteiger partial charge on any atom is -0.490 e. The molecule has 0 N–H and O–H groups in total. The molecule has 158 valence electrons. The highest BCUT2D eigenvalue weighted by atomic mass is 32.2. The summed E-state index contributed by atoms with van der Waals surface area (Å²) in [4.78, 5) is 14.3. The lowest BCUT2D eigenvalue weighted by atomic mass is 10.2. The lowest BCUT2D eigenvalue weighted by molar-refractivity contribution is -0.127. The third kappa shape index (κ3) is 4.49. The highest BCUT2D eigenvalue weighted by Gasteiger charge is 2.30. The summed E-state index contributed by atoms with van der Waals surface area (Å²) in [7, 11) is -3.67. The molecular formula is C22H24N2O5S. The molecule has 2 aliphatic heterocycles. The second kappa shape index (κ2) is 8.89. The predicted octanol–water partition coefficient (Wildman–Crippen LogP) is 2.39. The third-order valence-corrected chi connectivity index (χ3v) is 7.02. The van der Waals surface area contributed by atoms with Crippen LogP contribution in [-0.2, 0) is 14.8 Å². The van der Waals surface area contributed by atoms with Crippen LogP contribution >= 0.6 is 0 Å². The SMILES string of the molecule is O=C(/C=C/c1ccccc1)N1CCN(S(=O)(=O)c2ccc3c(c2)OCCCO3)CC1. The van der Waals surface area contributed by atoms with Crippen molar-refractivity contribution in [2.45, 2.75) is 11.3 Å². The van der Waals surface area contributed by atoms with Crippen LogP contribution in [0, 0.1) is 0 Å². The summed E-state index contributed by atoms with van der Waals surface area (Å²) in [5, 5.41) is 0. The first kappa shape index (κ1) is 20.4. The number of amides is 1. The number of hydrogen-bond acceptors (Lipinski definition) is 5. The molecule has 1 saturated heterocycles. The maximum absolute atomic E-state index is 13.1. The van der Waals surface area contributed by atoms with Crippen molar-refractivity contribution in [3.05, 3.63) is 60.2 Å². The minimum atomic E-state index is -3.67. The lowest BCUT2D eigenvalue weighted by Gasteiger charge is -2.33. The Kier molecular flexibility index (Phi) is 6.06. The zero-order valence-corrected chi connectivity index (χ0v) is 17.4. The summed E-state index contributed by atoms with van der Waals surface area (Å²) >= 11 is 0. The molecule has 8 heteroatoms. The van der Waals surface area contributed by atoms with E-state index in [1.54, 1.807) is 23.1 Å². The van der Waals surface area contributed by atoms with Gasteiger partial charge in [0.15, 0.2) is 11.5 Å². The fourth-order valence-corrected chi connectivity index (χ4v) is 4.88. The first-order chi connectivity index (χ1) is 14.5.